The van der Waals surface area contributed by atoms with Crippen molar-refractivity contribution in [1.82, 2.24) is 0 Å². The van der Waals surface area contributed by atoms with Crippen molar-refractivity contribution in [2.24, 2.45) is 5.73 Å². The molecule has 0 aliphatic carbocycles. The number of benzene rings is 1. The summed E-state index contributed by atoms with van der Waals surface area (Å²) in [7, 11) is 0. The largest absolute Gasteiger partial charge is 0.385 e. The van der Waals surface area contributed by atoms with Crippen LogP contribution < -0.4 is 11.1 Å². The number of unbranched alkanes of at least 4 members (excludes halogenated alkanes) is 3. The summed E-state index contributed by atoms with van der Waals surface area (Å²) in [5.41, 5.74) is 7.21. The van der Waals surface area contributed by atoms with Crippen LogP contribution in [-0.4, -0.2) is 12.5 Å². The summed E-state index contributed by atoms with van der Waals surface area (Å²) in [5, 5.41) is 3.37. The molecule has 1 aromatic rings. The van der Waals surface area contributed by atoms with Gasteiger partial charge in [0.15, 0.2) is 0 Å². The highest BCUT2D eigenvalue weighted by Gasteiger charge is 1.98. The lowest BCUT2D eigenvalue weighted by molar-refractivity contribution is -0.117. The van der Waals surface area contributed by atoms with Gasteiger partial charge in [0.25, 0.3) is 0 Å². The number of rotatable bonds is 8. The van der Waals surface area contributed by atoms with E-state index in [1.165, 1.54) is 25.7 Å². The molecule has 3 N–H and O–H groups in total. The molecule has 0 fully saturated rings. The fourth-order valence-corrected chi connectivity index (χ4v) is 1.73. The molecule has 3 heteroatoms. The van der Waals surface area contributed by atoms with Crippen molar-refractivity contribution in [3.8, 4) is 0 Å². The Labute approximate surface area is 103 Å². The summed E-state index contributed by atoms with van der Waals surface area (Å²) in [6.07, 6.45) is 5.37. The van der Waals surface area contributed by atoms with Crippen molar-refractivity contribution in [1.29, 1.82) is 0 Å². The van der Waals surface area contributed by atoms with Crippen LogP contribution in [0.25, 0.3) is 0 Å². The lowest BCUT2D eigenvalue weighted by Gasteiger charge is -2.06. The second-order valence-corrected chi connectivity index (χ2v) is 4.33. The molecule has 0 bridgehead atoms. The van der Waals surface area contributed by atoms with Crippen molar-refractivity contribution in [2.75, 3.05) is 11.9 Å². The summed E-state index contributed by atoms with van der Waals surface area (Å²) >= 11 is 0. The van der Waals surface area contributed by atoms with E-state index in [0.717, 1.165) is 17.8 Å². The van der Waals surface area contributed by atoms with Gasteiger partial charge in [-0.2, -0.15) is 0 Å². The van der Waals surface area contributed by atoms with Crippen molar-refractivity contribution in [3.63, 3.8) is 0 Å². The van der Waals surface area contributed by atoms with E-state index in [4.69, 9.17) is 5.73 Å². The Bertz CT molecular complexity index is 333. The van der Waals surface area contributed by atoms with E-state index in [0.29, 0.717) is 6.42 Å². The quantitative estimate of drug-likeness (QED) is 0.679. The van der Waals surface area contributed by atoms with Crippen LogP contribution in [0.5, 0.6) is 0 Å². The molecule has 17 heavy (non-hydrogen) atoms. The Balaban J connectivity index is 2.28. The zero-order valence-electron chi connectivity index (χ0n) is 10.5. The molecular formula is C14H22N2O. The predicted molar refractivity (Wildman–Crippen MR) is 72.0 cm³/mol. The van der Waals surface area contributed by atoms with Gasteiger partial charge in [-0.05, 0) is 24.1 Å². The number of nitrogens with one attached hydrogen (secondary N) is 1. The van der Waals surface area contributed by atoms with Gasteiger partial charge in [0.2, 0.25) is 5.91 Å². The molecule has 0 aliphatic heterocycles. The normalized spacial score (nSPS) is 10.2. The molecule has 3 nitrogen and oxygen atoms in total. The number of carbonyl (C=O) groups excluding carboxylic acids is 1. The van der Waals surface area contributed by atoms with Gasteiger partial charge in [0.05, 0.1) is 6.42 Å². The van der Waals surface area contributed by atoms with Gasteiger partial charge in [-0.3, -0.25) is 4.79 Å². The third kappa shape index (κ3) is 5.95. The maximum absolute atomic E-state index is 10.7. The Morgan fingerprint density at radius 2 is 1.88 bits per heavy atom. The lowest BCUT2D eigenvalue weighted by atomic mass is 10.1. The lowest BCUT2D eigenvalue weighted by Crippen LogP contribution is -2.13. The van der Waals surface area contributed by atoms with Gasteiger partial charge in [-0.25, -0.2) is 0 Å². The minimum atomic E-state index is -0.287. The first-order chi connectivity index (χ1) is 8.22. The van der Waals surface area contributed by atoms with E-state index in [1.807, 2.05) is 24.3 Å². The zero-order valence-corrected chi connectivity index (χ0v) is 10.5. The van der Waals surface area contributed by atoms with Gasteiger partial charge < -0.3 is 11.1 Å². The van der Waals surface area contributed by atoms with Crippen LogP contribution >= 0.6 is 0 Å². The summed E-state index contributed by atoms with van der Waals surface area (Å²) in [6, 6.07) is 7.88. The number of nitrogens with two attached hydrogens (primary N) is 1. The first-order valence-electron chi connectivity index (χ1n) is 6.33. The van der Waals surface area contributed by atoms with Crippen LogP contribution in [0.4, 0.5) is 5.69 Å². The van der Waals surface area contributed by atoms with E-state index in [9.17, 15) is 4.79 Å². The average molecular weight is 234 g/mol. The van der Waals surface area contributed by atoms with E-state index in [2.05, 4.69) is 12.2 Å². The molecule has 0 spiro atoms. The molecule has 0 atom stereocenters. The minimum absolute atomic E-state index is 0.287. The highest BCUT2D eigenvalue weighted by atomic mass is 16.1. The first kappa shape index (κ1) is 13.6. The van der Waals surface area contributed by atoms with Crippen LogP contribution in [-0.2, 0) is 11.2 Å². The number of primary amides is 1. The number of amides is 1. The molecule has 1 aromatic carbocycles. The summed E-state index contributed by atoms with van der Waals surface area (Å²) in [5.74, 6) is -0.287. The zero-order chi connectivity index (χ0) is 12.5. The SMILES string of the molecule is CCCCCCNc1ccc(CC(N)=O)cc1. The molecule has 0 aromatic heterocycles. The number of anilines is 1. The number of hydrogen-bond acceptors (Lipinski definition) is 2. The maximum atomic E-state index is 10.7. The van der Waals surface area contributed by atoms with Crippen LogP contribution in [0.1, 0.15) is 38.2 Å². The minimum Gasteiger partial charge on any atom is -0.385 e. The maximum Gasteiger partial charge on any atom is 0.221 e. The fourth-order valence-electron chi connectivity index (χ4n) is 1.73. The molecule has 1 amide bonds. The first-order valence-corrected chi connectivity index (χ1v) is 6.33. The number of carbonyl (C=O) groups is 1. The van der Waals surface area contributed by atoms with Crippen LogP contribution in [0.15, 0.2) is 24.3 Å². The number of hydrogen-bond donors (Lipinski definition) is 2. The summed E-state index contributed by atoms with van der Waals surface area (Å²) < 4.78 is 0. The Hall–Kier alpha value is -1.51. The Morgan fingerprint density at radius 1 is 1.18 bits per heavy atom. The van der Waals surface area contributed by atoms with Crippen molar-refractivity contribution in [2.45, 2.75) is 39.0 Å². The van der Waals surface area contributed by atoms with Gasteiger partial charge >= 0.3 is 0 Å². The summed E-state index contributed by atoms with van der Waals surface area (Å²) in [4.78, 5) is 10.7. The monoisotopic (exact) mass is 234 g/mol. The van der Waals surface area contributed by atoms with E-state index < -0.39 is 0 Å². The molecular weight excluding hydrogens is 212 g/mol. The molecule has 0 unspecified atom stereocenters. The van der Waals surface area contributed by atoms with Crippen LogP contribution in [0.3, 0.4) is 0 Å². The molecule has 0 saturated carbocycles. The van der Waals surface area contributed by atoms with Gasteiger partial charge in [0, 0.05) is 12.2 Å². The highest BCUT2D eigenvalue weighted by molar-refractivity contribution is 5.76. The van der Waals surface area contributed by atoms with Crippen molar-refractivity contribution < 1.29 is 4.79 Å². The summed E-state index contributed by atoms with van der Waals surface area (Å²) in [6.45, 7) is 3.22. The third-order valence-electron chi connectivity index (χ3n) is 2.69. The van der Waals surface area contributed by atoms with E-state index >= 15 is 0 Å². The Kier molecular flexibility index (Phi) is 6.15. The Morgan fingerprint density at radius 3 is 2.47 bits per heavy atom. The third-order valence-corrected chi connectivity index (χ3v) is 2.69. The van der Waals surface area contributed by atoms with Gasteiger partial charge in [0.1, 0.15) is 0 Å². The fraction of sp³-hybridized carbons (Fsp3) is 0.500. The van der Waals surface area contributed by atoms with E-state index in [-0.39, 0.29) is 5.91 Å². The highest BCUT2D eigenvalue weighted by Crippen LogP contribution is 2.10. The molecule has 0 heterocycles. The molecule has 1 rings (SSSR count). The molecule has 0 aliphatic rings. The topological polar surface area (TPSA) is 55.1 Å². The van der Waals surface area contributed by atoms with Crippen molar-refractivity contribution in [3.05, 3.63) is 29.8 Å². The van der Waals surface area contributed by atoms with E-state index in [1.54, 1.807) is 0 Å². The standard InChI is InChI=1S/C14H22N2O/c1-2-3-4-5-10-16-13-8-6-12(7-9-13)11-14(15)17/h6-9,16H,2-5,10-11H2,1H3,(H2,15,17). The second-order valence-electron chi connectivity index (χ2n) is 4.33. The van der Waals surface area contributed by atoms with Crippen LogP contribution in [0.2, 0.25) is 0 Å². The van der Waals surface area contributed by atoms with Gasteiger partial charge in [-0.1, -0.05) is 38.3 Å². The van der Waals surface area contributed by atoms with Crippen LogP contribution in [0, 0.1) is 0 Å². The second kappa shape index (κ2) is 7.71. The van der Waals surface area contributed by atoms with Gasteiger partial charge in [-0.15, -0.1) is 0 Å². The van der Waals surface area contributed by atoms with Crippen molar-refractivity contribution >= 4 is 11.6 Å². The predicted octanol–water partition coefficient (Wildman–Crippen LogP) is 2.71. The smallest absolute Gasteiger partial charge is 0.221 e. The molecule has 94 valence electrons. The molecule has 0 radical (unpaired) electrons. The average Bonchev–Trinajstić information content (AvgIpc) is 2.30. The molecule has 0 saturated heterocycles.